The molecule has 1 aliphatic rings. The van der Waals surface area contributed by atoms with E-state index in [1.54, 1.807) is 25.1 Å². The van der Waals surface area contributed by atoms with Crippen molar-refractivity contribution in [2.75, 3.05) is 27.3 Å². The molecule has 2 heterocycles. The Bertz CT molecular complexity index is 1040. The van der Waals surface area contributed by atoms with E-state index in [0.717, 1.165) is 28.5 Å². The number of ether oxygens (including phenoxy) is 1. The molecule has 29 heavy (non-hydrogen) atoms. The fourth-order valence-corrected chi connectivity index (χ4v) is 4.22. The van der Waals surface area contributed by atoms with Crippen molar-refractivity contribution in [3.8, 4) is 0 Å². The second-order valence-electron chi connectivity index (χ2n) is 7.35. The van der Waals surface area contributed by atoms with Crippen molar-refractivity contribution >= 4 is 22.7 Å². The predicted molar refractivity (Wildman–Crippen MR) is 112 cm³/mol. The predicted octanol–water partition coefficient (Wildman–Crippen LogP) is 3.23. The van der Waals surface area contributed by atoms with Gasteiger partial charge in [0.25, 0.3) is 5.91 Å². The van der Waals surface area contributed by atoms with Gasteiger partial charge in [0.1, 0.15) is 0 Å². The number of benzene rings is 2. The van der Waals surface area contributed by atoms with Gasteiger partial charge in [0, 0.05) is 55.5 Å². The average molecular weight is 391 g/mol. The maximum absolute atomic E-state index is 13.3. The van der Waals surface area contributed by atoms with Crippen LogP contribution in [0, 0.1) is 0 Å². The normalized spacial score (nSPS) is 18.7. The van der Waals surface area contributed by atoms with Crippen LogP contribution < -0.4 is 5.32 Å². The van der Waals surface area contributed by atoms with Crippen LogP contribution in [-0.2, 0) is 9.53 Å². The number of para-hydroxylation sites is 1. The topological polar surface area (TPSA) is 74.4 Å². The average Bonchev–Trinajstić information content (AvgIpc) is 3.17. The Morgan fingerprint density at radius 2 is 1.90 bits per heavy atom. The van der Waals surface area contributed by atoms with Crippen molar-refractivity contribution in [2.24, 2.45) is 0 Å². The molecule has 1 aliphatic heterocycles. The number of carbonyl (C=O) groups excluding carboxylic acids is 2. The third-order valence-corrected chi connectivity index (χ3v) is 5.63. The number of nitrogens with one attached hydrogen (secondary N) is 2. The highest BCUT2D eigenvalue weighted by Gasteiger charge is 2.43. The van der Waals surface area contributed by atoms with Crippen LogP contribution in [0.2, 0.25) is 0 Å². The molecule has 2 amide bonds. The zero-order valence-corrected chi connectivity index (χ0v) is 16.6. The standard InChI is InChI=1S/C23H25N3O3/c1-26-21(18-14-25-19-11-6-5-8-15(18)19)20(22(27)24-12-7-13-29-2)16-9-3-4-10-17(16)23(26)28/h3-6,8-11,14,20-21,25H,7,12-13H2,1-2H3,(H,24,27). The number of amides is 2. The summed E-state index contributed by atoms with van der Waals surface area (Å²) >= 11 is 0. The third kappa shape index (κ3) is 3.40. The van der Waals surface area contributed by atoms with Gasteiger partial charge < -0.3 is 19.9 Å². The molecule has 0 fully saturated rings. The Balaban J connectivity index is 1.78. The van der Waals surface area contributed by atoms with Crippen LogP contribution in [-0.4, -0.2) is 49.0 Å². The number of aromatic amines is 1. The number of aromatic nitrogens is 1. The molecule has 0 bridgehead atoms. The number of hydrogen-bond donors (Lipinski definition) is 2. The lowest BCUT2D eigenvalue weighted by atomic mass is 9.79. The minimum absolute atomic E-state index is 0.0701. The van der Waals surface area contributed by atoms with E-state index < -0.39 is 12.0 Å². The zero-order chi connectivity index (χ0) is 20.4. The van der Waals surface area contributed by atoms with Crippen molar-refractivity contribution in [1.29, 1.82) is 0 Å². The van der Waals surface area contributed by atoms with Gasteiger partial charge in [0.15, 0.2) is 0 Å². The summed E-state index contributed by atoms with van der Waals surface area (Å²) in [6.07, 6.45) is 2.65. The first kappa shape index (κ1) is 19.2. The molecule has 6 heteroatoms. The lowest BCUT2D eigenvalue weighted by Crippen LogP contribution is -2.45. The van der Waals surface area contributed by atoms with Crippen LogP contribution in [0.25, 0.3) is 10.9 Å². The first-order valence-electron chi connectivity index (χ1n) is 9.82. The second kappa shape index (κ2) is 8.09. The zero-order valence-electron chi connectivity index (χ0n) is 16.6. The minimum atomic E-state index is -0.490. The molecule has 0 aliphatic carbocycles. The van der Waals surface area contributed by atoms with E-state index in [4.69, 9.17) is 4.74 Å². The highest BCUT2D eigenvalue weighted by Crippen LogP contribution is 2.43. The van der Waals surface area contributed by atoms with Crippen molar-refractivity contribution < 1.29 is 14.3 Å². The van der Waals surface area contributed by atoms with Crippen LogP contribution >= 0.6 is 0 Å². The first-order valence-corrected chi connectivity index (χ1v) is 9.82. The largest absolute Gasteiger partial charge is 0.385 e. The summed E-state index contributed by atoms with van der Waals surface area (Å²) < 4.78 is 5.08. The quantitative estimate of drug-likeness (QED) is 0.634. The maximum Gasteiger partial charge on any atom is 0.254 e. The first-order chi connectivity index (χ1) is 14.1. The SMILES string of the molecule is COCCCNC(=O)C1c2ccccc2C(=O)N(C)C1c1c[nH]c2ccccc12. The molecule has 2 atom stereocenters. The van der Waals surface area contributed by atoms with E-state index in [-0.39, 0.29) is 11.8 Å². The van der Waals surface area contributed by atoms with E-state index in [1.165, 1.54) is 0 Å². The molecule has 2 unspecified atom stereocenters. The Kier molecular flexibility index (Phi) is 5.36. The van der Waals surface area contributed by atoms with Gasteiger partial charge in [-0.3, -0.25) is 9.59 Å². The third-order valence-electron chi connectivity index (χ3n) is 5.63. The van der Waals surface area contributed by atoms with Gasteiger partial charge in [-0.2, -0.15) is 0 Å². The summed E-state index contributed by atoms with van der Waals surface area (Å²) in [4.78, 5) is 31.4. The van der Waals surface area contributed by atoms with Crippen molar-refractivity contribution in [2.45, 2.75) is 18.4 Å². The Morgan fingerprint density at radius 3 is 2.72 bits per heavy atom. The molecule has 150 valence electrons. The summed E-state index contributed by atoms with van der Waals surface area (Å²) in [6.45, 7) is 1.12. The summed E-state index contributed by atoms with van der Waals surface area (Å²) in [5.41, 5.74) is 3.29. The fraction of sp³-hybridized carbons (Fsp3) is 0.304. The van der Waals surface area contributed by atoms with Gasteiger partial charge in [-0.05, 0) is 24.1 Å². The highest BCUT2D eigenvalue weighted by atomic mass is 16.5. The van der Waals surface area contributed by atoms with E-state index in [9.17, 15) is 9.59 Å². The number of H-pyrrole nitrogens is 1. The van der Waals surface area contributed by atoms with Crippen LogP contribution in [0.1, 0.15) is 39.9 Å². The van der Waals surface area contributed by atoms with E-state index in [0.29, 0.717) is 18.7 Å². The smallest absolute Gasteiger partial charge is 0.254 e. The van der Waals surface area contributed by atoms with Gasteiger partial charge in [-0.15, -0.1) is 0 Å². The number of carbonyl (C=O) groups is 2. The molecular formula is C23H25N3O3. The molecule has 0 saturated carbocycles. The van der Waals surface area contributed by atoms with E-state index in [1.807, 2.05) is 48.7 Å². The number of likely N-dealkylation sites (N-methyl/N-ethyl adjacent to an activating group) is 1. The Morgan fingerprint density at radius 1 is 1.14 bits per heavy atom. The molecule has 6 nitrogen and oxygen atoms in total. The molecule has 0 radical (unpaired) electrons. The van der Waals surface area contributed by atoms with Gasteiger partial charge in [0.05, 0.1) is 12.0 Å². The van der Waals surface area contributed by atoms with Crippen molar-refractivity contribution in [1.82, 2.24) is 15.2 Å². The van der Waals surface area contributed by atoms with Crippen LogP contribution in [0.3, 0.4) is 0 Å². The molecule has 3 aromatic rings. The van der Waals surface area contributed by atoms with E-state index in [2.05, 4.69) is 10.3 Å². The Hall–Kier alpha value is -3.12. The highest BCUT2D eigenvalue weighted by molar-refractivity contribution is 6.02. The number of hydrogen-bond acceptors (Lipinski definition) is 3. The molecule has 0 saturated heterocycles. The van der Waals surface area contributed by atoms with Crippen molar-refractivity contribution in [3.63, 3.8) is 0 Å². The lowest BCUT2D eigenvalue weighted by molar-refractivity contribution is -0.124. The summed E-state index contributed by atoms with van der Waals surface area (Å²) in [6, 6.07) is 15.0. The second-order valence-corrected chi connectivity index (χ2v) is 7.35. The summed E-state index contributed by atoms with van der Waals surface area (Å²) in [5.74, 6) is -0.641. The van der Waals surface area contributed by atoms with Gasteiger partial charge in [-0.1, -0.05) is 36.4 Å². The Labute approximate surface area is 169 Å². The van der Waals surface area contributed by atoms with E-state index >= 15 is 0 Å². The molecule has 1 aromatic heterocycles. The number of fused-ring (bicyclic) bond motifs is 2. The molecule has 4 rings (SSSR count). The molecule has 2 N–H and O–H groups in total. The van der Waals surface area contributed by atoms with Crippen LogP contribution in [0.5, 0.6) is 0 Å². The van der Waals surface area contributed by atoms with Crippen molar-refractivity contribution in [3.05, 3.63) is 71.4 Å². The monoisotopic (exact) mass is 391 g/mol. The number of rotatable bonds is 6. The van der Waals surface area contributed by atoms with Crippen LogP contribution in [0.15, 0.2) is 54.7 Å². The van der Waals surface area contributed by atoms with Gasteiger partial charge in [-0.25, -0.2) is 0 Å². The summed E-state index contributed by atoms with van der Waals surface area (Å²) in [5, 5.41) is 4.06. The maximum atomic E-state index is 13.3. The van der Waals surface area contributed by atoms with Gasteiger partial charge in [0.2, 0.25) is 5.91 Å². The number of methoxy groups -OCH3 is 1. The van der Waals surface area contributed by atoms with Gasteiger partial charge >= 0.3 is 0 Å². The molecule has 0 spiro atoms. The molecule has 2 aromatic carbocycles. The van der Waals surface area contributed by atoms with Crippen LogP contribution in [0.4, 0.5) is 0 Å². The molecular weight excluding hydrogens is 366 g/mol. The fourth-order valence-electron chi connectivity index (χ4n) is 4.22. The number of nitrogens with zero attached hydrogens (tertiary/aromatic N) is 1. The summed E-state index contributed by atoms with van der Waals surface area (Å²) in [7, 11) is 3.42. The minimum Gasteiger partial charge on any atom is -0.385 e. The lowest BCUT2D eigenvalue weighted by Gasteiger charge is -2.39.